The Morgan fingerprint density at radius 1 is 1.42 bits per heavy atom. The van der Waals surface area contributed by atoms with E-state index in [-0.39, 0.29) is 12.4 Å². The Hall–Kier alpha value is -1.15. The molecule has 0 bridgehead atoms. The molecule has 0 amide bonds. The fourth-order valence-electron chi connectivity index (χ4n) is 0.968. The number of halogens is 1. The van der Waals surface area contributed by atoms with Crippen LogP contribution in [0.3, 0.4) is 0 Å². The van der Waals surface area contributed by atoms with Crippen molar-refractivity contribution in [2.24, 2.45) is 0 Å². The topological polar surface area (TPSA) is 20.2 Å². The number of hydrogen-bond acceptors (Lipinski definition) is 1. The summed E-state index contributed by atoms with van der Waals surface area (Å²) in [6.45, 7) is 1.90. The van der Waals surface area contributed by atoms with Gasteiger partial charge in [-0.05, 0) is 30.2 Å². The molecule has 0 saturated heterocycles. The molecule has 0 spiro atoms. The maximum atomic E-state index is 12.5. The average molecular weight is 166 g/mol. The van der Waals surface area contributed by atoms with E-state index in [0.29, 0.717) is 0 Å². The zero-order valence-electron chi connectivity index (χ0n) is 6.92. The fourth-order valence-corrected chi connectivity index (χ4v) is 0.968. The molecule has 0 unspecified atom stereocenters. The zero-order chi connectivity index (χ0) is 8.97. The lowest BCUT2D eigenvalue weighted by Crippen LogP contribution is -1.82. The molecule has 0 aliphatic carbocycles. The van der Waals surface area contributed by atoms with Gasteiger partial charge in [0.25, 0.3) is 0 Å². The van der Waals surface area contributed by atoms with Gasteiger partial charge < -0.3 is 5.11 Å². The van der Waals surface area contributed by atoms with Gasteiger partial charge in [-0.15, -0.1) is 0 Å². The van der Waals surface area contributed by atoms with E-state index in [1.54, 1.807) is 18.2 Å². The SMILES string of the molecule is CC(=CCO)c1ccc(F)cc1. The molecule has 1 aromatic rings. The first kappa shape index (κ1) is 8.94. The molecule has 0 saturated carbocycles. The second-order valence-corrected chi connectivity index (χ2v) is 2.58. The van der Waals surface area contributed by atoms with Crippen molar-refractivity contribution in [1.82, 2.24) is 0 Å². The van der Waals surface area contributed by atoms with E-state index in [1.807, 2.05) is 6.92 Å². The third-order valence-electron chi connectivity index (χ3n) is 1.70. The van der Waals surface area contributed by atoms with Crippen LogP contribution in [0.5, 0.6) is 0 Å². The van der Waals surface area contributed by atoms with Gasteiger partial charge in [0.15, 0.2) is 0 Å². The van der Waals surface area contributed by atoms with Crippen LogP contribution in [0, 0.1) is 5.82 Å². The molecule has 1 N–H and O–H groups in total. The molecule has 2 heteroatoms. The first-order chi connectivity index (χ1) is 5.74. The third-order valence-corrected chi connectivity index (χ3v) is 1.70. The average Bonchev–Trinajstić information content (AvgIpc) is 2.06. The monoisotopic (exact) mass is 166 g/mol. The van der Waals surface area contributed by atoms with Crippen LogP contribution in [0.15, 0.2) is 30.3 Å². The molecular formula is C10H11FO. The summed E-state index contributed by atoms with van der Waals surface area (Å²) in [4.78, 5) is 0. The number of rotatable bonds is 2. The van der Waals surface area contributed by atoms with Crippen molar-refractivity contribution in [3.63, 3.8) is 0 Å². The number of benzene rings is 1. The molecule has 12 heavy (non-hydrogen) atoms. The summed E-state index contributed by atoms with van der Waals surface area (Å²) in [5.74, 6) is -0.240. The zero-order valence-corrected chi connectivity index (χ0v) is 6.92. The lowest BCUT2D eigenvalue weighted by Gasteiger charge is -1.99. The fraction of sp³-hybridized carbons (Fsp3) is 0.200. The minimum absolute atomic E-state index is 0.0171. The largest absolute Gasteiger partial charge is 0.392 e. The van der Waals surface area contributed by atoms with Crippen LogP contribution in [0.1, 0.15) is 12.5 Å². The predicted octanol–water partition coefficient (Wildman–Crippen LogP) is 2.22. The molecule has 0 aliphatic heterocycles. The Bertz CT molecular complexity index is 274. The number of hydrogen-bond donors (Lipinski definition) is 1. The van der Waals surface area contributed by atoms with Gasteiger partial charge in [-0.3, -0.25) is 0 Å². The van der Waals surface area contributed by atoms with Gasteiger partial charge in [-0.25, -0.2) is 4.39 Å². The summed E-state index contributed by atoms with van der Waals surface area (Å²) in [6.07, 6.45) is 1.69. The van der Waals surface area contributed by atoms with Crippen molar-refractivity contribution in [2.45, 2.75) is 6.92 Å². The van der Waals surface area contributed by atoms with Crippen molar-refractivity contribution in [3.05, 3.63) is 41.7 Å². The first-order valence-electron chi connectivity index (χ1n) is 3.77. The van der Waals surface area contributed by atoms with Crippen LogP contribution in [0.25, 0.3) is 5.57 Å². The molecule has 1 rings (SSSR count). The second kappa shape index (κ2) is 4.02. The minimum atomic E-state index is -0.240. The van der Waals surface area contributed by atoms with Gasteiger partial charge >= 0.3 is 0 Å². The molecule has 0 atom stereocenters. The van der Waals surface area contributed by atoms with Crippen molar-refractivity contribution in [1.29, 1.82) is 0 Å². The van der Waals surface area contributed by atoms with Gasteiger partial charge in [0.2, 0.25) is 0 Å². The van der Waals surface area contributed by atoms with E-state index in [2.05, 4.69) is 0 Å². The summed E-state index contributed by atoms with van der Waals surface area (Å²) >= 11 is 0. The summed E-state index contributed by atoms with van der Waals surface area (Å²) in [6, 6.07) is 6.20. The van der Waals surface area contributed by atoms with Gasteiger partial charge in [0.1, 0.15) is 5.82 Å². The van der Waals surface area contributed by atoms with Crippen molar-refractivity contribution in [2.75, 3.05) is 6.61 Å². The van der Waals surface area contributed by atoms with Crippen molar-refractivity contribution in [3.8, 4) is 0 Å². The molecule has 1 aromatic carbocycles. The van der Waals surface area contributed by atoms with Crippen LogP contribution in [-0.4, -0.2) is 11.7 Å². The van der Waals surface area contributed by atoms with E-state index in [4.69, 9.17) is 5.11 Å². The predicted molar refractivity (Wildman–Crippen MR) is 47.1 cm³/mol. The highest BCUT2D eigenvalue weighted by molar-refractivity contribution is 5.63. The van der Waals surface area contributed by atoms with Crippen LogP contribution < -0.4 is 0 Å². The molecule has 1 nitrogen and oxygen atoms in total. The van der Waals surface area contributed by atoms with Gasteiger partial charge in [-0.2, -0.15) is 0 Å². The normalized spacial score (nSPS) is 11.8. The van der Waals surface area contributed by atoms with Crippen LogP contribution in [-0.2, 0) is 0 Å². The molecule has 0 heterocycles. The summed E-state index contributed by atoms with van der Waals surface area (Å²) in [5.41, 5.74) is 1.89. The van der Waals surface area contributed by atoms with E-state index in [0.717, 1.165) is 11.1 Å². The quantitative estimate of drug-likeness (QED) is 0.714. The number of aliphatic hydroxyl groups excluding tert-OH is 1. The van der Waals surface area contributed by atoms with Crippen LogP contribution in [0.4, 0.5) is 4.39 Å². The molecular weight excluding hydrogens is 155 g/mol. The Kier molecular flexibility index (Phi) is 3.00. The Labute approximate surface area is 71.2 Å². The Morgan fingerprint density at radius 2 is 2.00 bits per heavy atom. The molecule has 0 aliphatic rings. The lowest BCUT2D eigenvalue weighted by atomic mass is 10.1. The van der Waals surface area contributed by atoms with Crippen molar-refractivity contribution < 1.29 is 9.50 Å². The second-order valence-electron chi connectivity index (χ2n) is 2.58. The van der Waals surface area contributed by atoms with Gasteiger partial charge in [0.05, 0.1) is 6.61 Å². The first-order valence-corrected chi connectivity index (χ1v) is 3.77. The Balaban J connectivity index is 2.89. The smallest absolute Gasteiger partial charge is 0.123 e. The highest BCUT2D eigenvalue weighted by atomic mass is 19.1. The molecule has 0 fully saturated rings. The maximum Gasteiger partial charge on any atom is 0.123 e. The van der Waals surface area contributed by atoms with E-state index in [1.165, 1.54) is 12.1 Å². The van der Waals surface area contributed by atoms with Crippen LogP contribution in [0.2, 0.25) is 0 Å². The summed E-state index contributed by atoms with van der Waals surface area (Å²) in [5, 5.41) is 8.60. The van der Waals surface area contributed by atoms with E-state index in [9.17, 15) is 4.39 Å². The molecule has 0 aromatic heterocycles. The number of aliphatic hydroxyl groups is 1. The Morgan fingerprint density at radius 3 is 2.50 bits per heavy atom. The summed E-state index contributed by atoms with van der Waals surface area (Å²) < 4.78 is 12.5. The highest BCUT2D eigenvalue weighted by Crippen LogP contribution is 2.13. The molecule has 64 valence electrons. The van der Waals surface area contributed by atoms with Crippen LogP contribution >= 0.6 is 0 Å². The van der Waals surface area contributed by atoms with E-state index < -0.39 is 0 Å². The standard InChI is InChI=1S/C10H11FO/c1-8(6-7-12)9-2-4-10(11)5-3-9/h2-6,12H,7H2,1H3. The van der Waals surface area contributed by atoms with Gasteiger partial charge in [0, 0.05) is 0 Å². The van der Waals surface area contributed by atoms with E-state index >= 15 is 0 Å². The third kappa shape index (κ3) is 2.17. The summed E-state index contributed by atoms with van der Waals surface area (Å²) in [7, 11) is 0. The maximum absolute atomic E-state index is 12.5. The van der Waals surface area contributed by atoms with Gasteiger partial charge in [-0.1, -0.05) is 18.2 Å². The molecule has 0 radical (unpaired) electrons. The van der Waals surface area contributed by atoms with Crippen molar-refractivity contribution >= 4 is 5.57 Å². The lowest BCUT2D eigenvalue weighted by molar-refractivity contribution is 0.343. The minimum Gasteiger partial charge on any atom is -0.392 e. The number of allylic oxidation sites excluding steroid dienone is 1. The highest BCUT2D eigenvalue weighted by Gasteiger charge is 1.94.